The molecule has 1 aromatic carbocycles. The Hall–Kier alpha value is -1.55. The van der Waals surface area contributed by atoms with Crippen molar-refractivity contribution in [3.05, 3.63) is 29.8 Å². The van der Waals surface area contributed by atoms with Crippen molar-refractivity contribution >= 4 is 5.97 Å². The van der Waals surface area contributed by atoms with Gasteiger partial charge >= 0.3 is 5.97 Å². The summed E-state index contributed by atoms with van der Waals surface area (Å²) in [5.74, 6) is -0.250. The predicted octanol–water partition coefficient (Wildman–Crippen LogP) is 1.58. The van der Waals surface area contributed by atoms with Crippen molar-refractivity contribution in [2.75, 3.05) is 13.1 Å². The molecule has 4 nitrogen and oxygen atoms in total. The molecule has 0 atom stereocenters. The Morgan fingerprint density at radius 3 is 2.41 bits per heavy atom. The Kier molecular flexibility index (Phi) is 3.33. The summed E-state index contributed by atoms with van der Waals surface area (Å²) in [6.45, 7) is 3.34. The topological polar surface area (TPSA) is 58.6 Å². The summed E-state index contributed by atoms with van der Waals surface area (Å²) in [5, 5.41) is 12.5. The molecule has 0 aromatic heterocycles. The van der Waals surface area contributed by atoms with E-state index in [1.54, 1.807) is 0 Å². The van der Waals surface area contributed by atoms with Gasteiger partial charge < -0.3 is 15.2 Å². The molecule has 0 amide bonds. The molecule has 1 saturated heterocycles. The molecule has 1 heterocycles. The van der Waals surface area contributed by atoms with Crippen LogP contribution in [0.1, 0.15) is 18.4 Å². The lowest BCUT2D eigenvalue weighted by molar-refractivity contribution is -0.157. The third-order valence-corrected chi connectivity index (χ3v) is 3.14. The van der Waals surface area contributed by atoms with E-state index in [1.165, 1.54) is 0 Å². The van der Waals surface area contributed by atoms with Crippen LogP contribution in [0.25, 0.3) is 0 Å². The molecule has 1 aliphatic heterocycles. The first-order chi connectivity index (χ1) is 8.12. The fraction of sp³-hybridized carbons (Fsp3) is 0.462. The second-order valence-electron chi connectivity index (χ2n) is 4.46. The summed E-state index contributed by atoms with van der Waals surface area (Å²) in [4.78, 5) is 11.4. The summed E-state index contributed by atoms with van der Waals surface area (Å²) < 4.78 is 5.72. The molecule has 0 spiro atoms. The normalized spacial score (nSPS) is 18.6. The summed E-state index contributed by atoms with van der Waals surface area (Å²) in [6.07, 6.45) is 0.992. The van der Waals surface area contributed by atoms with Crippen LogP contribution in [0.15, 0.2) is 24.3 Å². The van der Waals surface area contributed by atoms with Crippen LogP contribution in [-0.4, -0.2) is 29.8 Å². The van der Waals surface area contributed by atoms with E-state index in [4.69, 9.17) is 4.74 Å². The van der Waals surface area contributed by atoms with Crippen LogP contribution in [0.3, 0.4) is 0 Å². The van der Waals surface area contributed by atoms with E-state index in [2.05, 4.69) is 5.32 Å². The van der Waals surface area contributed by atoms with Crippen LogP contribution >= 0.6 is 0 Å². The van der Waals surface area contributed by atoms with Gasteiger partial charge in [0.15, 0.2) is 0 Å². The summed E-state index contributed by atoms with van der Waals surface area (Å²) >= 11 is 0. The molecule has 2 N–H and O–H groups in total. The minimum atomic E-state index is -1.07. The molecular weight excluding hydrogens is 218 g/mol. The highest BCUT2D eigenvalue weighted by Gasteiger charge is 2.42. The largest absolute Gasteiger partial charge is 0.478 e. The Labute approximate surface area is 101 Å². The van der Waals surface area contributed by atoms with Crippen LogP contribution < -0.4 is 10.1 Å². The molecule has 0 saturated carbocycles. The maximum atomic E-state index is 11.4. The van der Waals surface area contributed by atoms with Crippen LogP contribution in [0.5, 0.6) is 5.75 Å². The van der Waals surface area contributed by atoms with Gasteiger partial charge in [-0.05, 0) is 32.1 Å². The Bertz CT molecular complexity index is 394. The number of benzene rings is 1. The Morgan fingerprint density at radius 2 is 1.88 bits per heavy atom. The number of carbonyl (C=O) groups is 1. The number of rotatable bonds is 3. The number of carboxylic acid groups (broad SMARTS) is 1. The smallest absolute Gasteiger partial charge is 0.348 e. The lowest BCUT2D eigenvalue weighted by atomic mass is 9.92. The fourth-order valence-electron chi connectivity index (χ4n) is 2.02. The second-order valence-corrected chi connectivity index (χ2v) is 4.46. The predicted molar refractivity (Wildman–Crippen MR) is 64.3 cm³/mol. The number of aliphatic carboxylic acids is 1. The van der Waals surface area contributed by atoms with Crippen LogP contribution in [0, 0.1) is 6.92 Å². The van der Waals surface area contributed by atoms with Crippen LogP contribution in [0.4, 0.5) is 0 Å². The van der Waals surface area contributed by atoms with E-state index in [9.17, 15) is 9.90 Å². The van der Waals surface area contributed by atoms with Crippen molar-refractivity contribution in [1.29, 1.82) is 0 Å². The molecule has 0 radical (unpaired) electrons. The van der Waals surface area contributed by atoms with Crippen LogP contribution in [0.2, 0.25) is 0 Å². The number of hydrogen-bond donors (Lipinski definition) is 2. The number of piperidine rings is 1. The zero-order chi connectivity index (χ0) is 12.3. The first-order valence-corrected chi connectivity index (χ1v) is 5.82. The van der Waals surface area contributed by atoms with Crippen molar-refractivity contribution < 1.29 is 14.6 Å². The SMILES string of the molecule is Cc1ccc(OC2(C(=O)O)CCNCC2)cc1. The van der Waals surface area contributed by atoms with E-state index in [0.717, 1.165) is 5.56 Å². The molecule has 17 heavy (non-hydrogen) atoms. The van der Waals surface area contributed by atoms with Gasteiger partial charge in [-0.15, -0.1) is 0 Å². The van der Waals surface area contributed by atoms with Gasteiger partial charge in [-0.1, -0.05) is 17.7 Å². The van der Waals surface area contributed by atoms with Crippen molar-refractivity contribution in [3.63, 3.8) is 0 Å². The van der Waals surface area contributed by atoms with Gasteiger partial charge in [0.2, 0.25) is 5.60 Å². The number of hydrogen-bond acceptors (Lipinski definition) is 3. The highest BCUT2D eigenvalue weighted by Crippen LogP contribution is 2.27. The number of ether oxygens (including phenoxy) is 1. The molecule has 1 aliphatic rings. The number of carboxylic acids is 1. The van der Waals surface area contributed by atoms with Gasteiger partial charge in [-0.2, -0.15) is 0 Å². The van der Waals surface area contributed by atoms with E-state index in [-0.39, 0.29) is 0 Å². The quantitative estimate of drug-likeness (QED) is 0.835. The van der Waals surface area contributed by atoms with Crippen molar-refractivity contribution in [3.8, 4) is 5.75 Å². The summed E-state index contributed by atoms with van der Waals surface area (Å²) in [5.41, 5.74) is 0.0626. The maximum absolute atomic E-state index is 11.4. The summed E-state index contributed by atoms with van der Waals surface area (Å²) in [7, 11) is 0. The molecule has 4 heteroatoms. The van der Waals surface area contributed by atoms with E-state index >= 15 is 0 Å². The molecule has 0 unspecified atom stereocenters. The molecule has 0 bridgehead atoms. The molecular formula is C13H17NO3. The molecule has 0 aliphatic carbocycles. The summed E-state index contributed by atoms with van der Waals surface area (Å²) in [6, 6.07) is 7.49. The van der Waals surface area contributed by atoms with Crippen molar-refractivity contribution in [2.24, 2.45) is 0 Å². The van der Waals surface area contributed by atoms with E-state index in [0.29, 0.717) is 31.7 Å². The lowest BCUT2D eigenvalue weighted by Crippen LogP contribution is -2.52. The van der Waals surface area contributed by atoms with Gasteiger partial charge in [0, 0.05) is 12.8 Å². The van der Waals surface area contributed by atoms with Crippen molar-refractivity contribution in [2.45, 2.75) is 25.4 Å². The molecule has 1 fully saturated rings. The average Bonchev–Trinajstić information content (AvgIpc) is 2.33. The number of aryl methyl sites for hydroxylation is 1. The monoisotopic (exact) mass is 235 g/mol. The zero-order valence-electron chi connectivity index (χ0n) is 9.90. The van der Waals surface area contributed by atoms with Gasteiger partial charge in [0.1, 0.15) is 5.75 Å². The molecule has 2 rings (SSSR count). The minimum absolute atomic E-state index is 0.496. The Morgan fingerprint density at radius 1 is 1.29 bits per heavy atom. The third kappa shape index (κ3) is 2.58. The van der Waals surface area contributed by atoms with E-state index < -0.39 is 11.6 Å². The lowest BCUT2D eigenvalue weighted by Gasteiger charge is -2.34. The minimum Gasteiger partial charge on any atom is -0.478 e. The van der Waals surface area contributed by atoms with Crippen LogP contribution in [-0.2, 0) is 4.79 Å². The molecule has 1 aromatic rings. The first-order valence-electron chi connectivity index (χ1n) is 5.82. The zero-order valence-corrected chi connectivity index (χ0v) is 9.90. The first kappa shape index (κ1) is 11.9. The maximum Gasteiger partial charge on any atom is 0.348 e. The van der Waals surface area contributed by atoms with Gasteiger partial charge in [0.05, 0.1) is 0 Å². The average molecular weight is 235 g/mol. The highest BCUT2D eigenvalue weighted by molar-refractivity contribution is 5.78. The Balaban J connectivity index is 2.17. The second kappa shape index (κ2) is 4.75. The van der Waals surface area contributed by atoms with Gasteiger partial charge in [-0.3, -0.25) is 0 Å². The van der Waals surface area contributed by atoms with Gasteiger partial charge in [0.25, 0.3) is 0 Å². The van der Waals surface area contributed by atoms with E-state index in [1.807, 2.05) is 31.2 Å². The third-order valence-electron chi connectivity index (χ3n) is 3.14. The highest BCUT2D eigenvalue weighted by atomic mass is 16.5. The van der Waals surface area contributed by atoms with Crippen molar-refractivity contribution in [1.82, 2.24) is 5.32 Å². The fourth-order valence-corrected chi connectivity index (χ4v) is 2.02. The molecule has 92 valence electrons. The van der Waals surface area contributed by atoms with Gasteiger partial charge in [-0.25, -0.2) is 4.79 Å². The standard InChI is InChI=1S/C13H17NO3/c1-10-2-4-11(5-3-10)17-13(12(15)16)6-8-14-9-7-13/h2-5,14H,6-9H2,1H3,(H,15,16). The number of nitrogens with one attached hydrogen (secondary N) is 1.